The minimum atomic E-state index is -0.0212. The fourth-order valence-electron chi connectivity index (χ4n) is 3.65. The van der Waals surface area contributed by atoms with E-state index in [2.05, 4.69) is 0 Å². The first-order valence-corrected chi connectivity index (χ1v) is 10.8. The number of Topliss-reactive ketones (excluding diaryl/α,β-unsaturated/α-hetero) is 1. The number of phenols is 1. The number of benzene rings is 3. The Kier molecular flexibility index (Phi) is 7.24. The van der Waals surface area contributed by atoms with Gasteiger partial charge in [-0.1, -0.05) is 29.8 Å². The first kappa shape index (κ1) is 24.1. The fraction of sp³-hybridized carbons (Fsp3) is 0.185. The largest absolute Gasteiger partial charge is 0.507 e. The summed E-state index contributed by atoms with van der Waals surface area (Å²) in [5.41, 5.74) is 5.73. The number of carbonyl (C=O) groups excluding carboxylic acids is 2. The minimum absolute atomic E-state index is 0.0212. The average Bonchev–Trinajstić information content (AvgIpc) is 2.76. The molecule has 3 rings (SSSR count). The number of hydrogen-bond donors (Lipinski definition) is 1. The van der Waals surface area contributed by atoms with Crippen molar-refractivity contribution < 1.29 is 14.7 Å². The lowest BCUT2D eigenvalue weighted by Gasteiger charge is -2.18. The molecule has 0 saturated carbocycles. The van der Waals surface area contributed by atoms with Crippen LogP contribution in [0.15, 0.2) is 60.9 Å². The van der Waals surface area contributed by atoms with Gasteiger partial charge in [0.15, 0.2) is 5.78 Å². The summed E-state index contributed by atoms with van der Waals surface area (Å²) >= 11 is 6.52. The summed E-state index contributed by atoms with van der Waals surface area (Å²) in [6.45, 7) is 5.37. The Balaban J connectivity index is 2.09. The Morgan fingerprint density at radius 2 is 1.55 bits per heavy atom. The highest BCUT2D eigenvalue weighted by atomic mass is 35.5. The highest BCUT2D eigenvalue weighted by molar-refractivity contribution is 6.34. The molecule has 5 nitrogen and oxygen atoms in total. The van der Waals surface area contributed by atoms with Gasteiger partial charge in [0.25, 0.3) is 0 Å². The van der Waals surface area contributed by atoms with E-state index in [1.54, 1.807) is 24.5 Å². The Morgan fingerprint density at radius 1 is 0.939 bits per heavy atom. The van der Waals surface area contributed by atoms with Crippen LogP contribution in [0.2, 0.25) is 5.02 Å². The van der Waals surface area contributed by atoms with Gasteiger partial charge in [0, 0.05) is 43.2 Å². The molecule has 0 heterocycles. The predicted molar refractivity (Wildman–Crippen MR) is 135 cm³/mol. The Bertz CT molecular complexity index is 1250. The molecule has 0 bridgehead atoms. The molecule has 0 aliphatic heterocycles. The average molecular weight is 463 g/mol. The normalized spacial score (nSPS) is 11.0. The lowest BCUT2D eigenvalue weighted by atomic mass is 9.92. The molecule has 170 valence electrons. The molecule has 0 saturated heterocycles. The summed E-state index contributed by atoms with van der Waals surface area (Å²) in [7, 11) is 3.71. The van der Waals surface area contributed by atoms with E-state index in [-0.39, 0.29) is 11.5 Å². The van der Waals surface area contributed by atoms with Crippen LogP contribution in [-0.2, 0) is 4.79 Å². The van der Waals surface area contributed by atoms with Crippen LogP contribution >= 0.6 is 11.6 Å². The highest BCUT2D eigenvalue weighted by Gasteiger charge is 2.16. The third-order valence-electron chi connectivity index (χ3n) is 5.36. The number of amides is 1. The van der Waals surface area contributed by atoms with Gasteiger partial charge in [-0.15, -0.1) is 0 Å². The van der Waals surface area contributed by atoms with Gasteiger partial charge in [-0.3, -0.25) is 14.5 Å². The first-order valence-electron chi connectivity index (χ1n) is 10.5. The SMILES string of the molecule is CC(=O)c1cc(-c2cc(C)cc(-c3ccc(N(C=O)/C=C\N(C)C)c(Cl)c3)c2O)ccc1C. The second kappa shape index (κ2) is 9.92. The van der Waals surface area contributed by atoms with Gasteiger partial charge in [0.05, 0.1) is 10.7 Å². The number of rotatable bonds is 7. The maximum Gasteiger partial charge on any atom is 0.218 e. The van der Waals surface area contributed by atoms with Gasteiger partial charge >= 0.3 is 0 Å². The third-order valence-corrected chi connectivity index (χ3v) is 5.66. The van der Waals surface area contributed by atoms with Crippen LogP contribution in [0.5, 0.6) is 5.75 Å². The number of anilines is 1. The minimum Gasteiger partial charge on any atom is -0.507 e. The maximum atomic E-state index is 12.0. The highest BCUT2D eigenvalue weighted by Crippen LogP contribution is 2.41. The molecule has 1 N–H and O–H groups in total. The molecule has 6 heteroatoms. The van der Waals surface area contributed by atoms with E-state index >= 15 is 0 Å². The van der Waals surface area contributed by atoms with E-state index in [1.165, 1.54) is 11.8 Å². The van der Waals surface area contributed by atoms with E-state index < -0.39 is 0 Å². The first-order chi connectivity index (χ1) is 15.6. The molecule has 3 aromatic rings. The maximum absolute atomic E-state index is 12.0. The number of ketones is 1. The number of aromatic hydroxyl groups is 1. The zero-order valence-electron chi connectivity index (χ0n) is 19.4. The van der Waals surface area contributed by atoms with Gasteiger partial charge < -0.3 is 10.0 Å². The van der Waals surface area contributed by atoms with Crippen LogP contribution in [-0.4, -0.2) is 36.3 Å². The molecule has 0 radical (unpaired) electrons. The summed E-state index contributed by atoms with van der Waals surface area (Å²) in [6, 6.07) is 14.7. The number of carbonyl (C=O) groups is 2. The van der Waals surface area contributed by atoms with Gasteiger partial charge in [-0.05, 0) is 73.4 Å². The smallest absolute Gasteiger partial charge is 0.218 e. The molecule has 0 aliphatic carbocycles. The molecule has 0 spiro atoms. The van der Waals surface area contributed by atoms with Crippen LogP contribution in [0.25, 0.3) is 22.3 Å². The van der Waals surface area contributed by atoms with E-state index in [4.69, 9.17) is 11.6 Å². The number of hydrogen-bond acceptors (Lipinski definition) is 4. The van der Waals surface area contributed by atoms with Crippen LogP contribution < -0.4 is 4.90 Å². The summed E-state index contributed by atoms with van der Waals surface area (Å²) in [6.07, 6.45) is 4.06. The molecule has 0 atom stereocenters. The standard InChI is InChI=1S/C27H27ClN2O3/c1-17-12-23(20-7-6-18(2)22(14-20)19(3)32)27(33)24(13-17)21-8-9-26(25(28)15-21)30(16-31)11-10-29(4)5/h6-16,33H,1-5H3/b11-10-. The summed E-state index contributed by atoms with van der Waals surface area (Å²) in [4.78, 5) is 26.8. The molecular formula is C27H27ClN2O3. The molecule has 0 fully saturated rings. The topological polar surface area (TPSA) is 60.9 Å². The van der Waals surface area contributed by atoms with Crippen LogP contribution in [0.4, 0.5) is 5.69 Å². The second-order valence-corrected chi connectivity index (χ2v) is 8.64. The van der Waals surface area contributed by atoms with Crippen molar-refractivity contribution in [2.45, 2.75) is 20.8 Å². The Hall–Kier alpha value is -3.57. The molecular weight excluding hydrogens is 436 g/mol. The van der Waals surface area contributed by atoms with Gasteiger partial charge in [0.1, 0.15) is 5.75 Å². The van der Waals surface area contributed by atoms with Crippen molar-refractivity contribution >= 4 is 29.5 Å². The Morgan fingerprint density at radius 3 is 2.09 bits per heavy atom. The van der Waals surface area contributed by atoms with E-state index in [0.29, 0.717) is 39.4 Å². The van der Waals surface area contributed by atoms with E-state index in [1.807, 2.05) is 69.2 Å². The van der Waals surface area contributed by atoms with Crippen molar-refractivity contribution in [1.29, 1.82) is 0 Å². The van der Waals surface area contributed by atoms with Gasteiger partial charge in [-0.2, -0.15) is 0 Å². The number of phenolic OH excluding ortho intramolecular Hbond substituents is 1. The Labute approximate surface area is 199 Å². The summed E-state index contributed by atoms with van der Waals surface area (Å²) in [5, 5.41) is 11.5. The quantitative estimate of drug-likeness (QED) is 0.335. The predicted octanol–water partition coefficient (Wildman–Crippen LogP) is 6.19. The molecule has 0 unspecified atom stereocenters. The number of halogens is 1. The van der Waals surface area contributed by atoms with Crippen LogP contribution in [0, 0.1) is 13.8 Å². The fourth-order valence-corrected chi connectivity index (χ4v) is 3.93. The molecule has 3 aromatic carbocycles. The van der Waals surface area contributed by atoms with Crippen molar-refractivity contribution in [2.75, 3.05) is 19.0 Å². The monoisotopic (exact) mass is 462 g/mol. The molecule has 0 aromatic heterocycles. The second-order valence-electron chi connectivity index (χ2n) is 8.24. The summed E-state index contributed by atoms with van der Waals surface area (Å²) < 4.78 is 0. The number of aryl methyl sites for hydroxylation is 2. The molecule has 1 amide bonds. The van der Waals surface area contributed by atoms with Crippen molar-refractivity contribution in [2.24, 2.45) is 0 Å². The van der Waals surface area contributed by atoms with Crippen LogP contribution in [0.3, 0.4) is 0 Å². The zero-order valence-corrected chi connectivity index (χ0v) is 20.1. The number of nitrogens with zero attached hydrogens (tertiary/aromatic N) is 2. The summed E-state index contributed by atoms with van der Waals surface area (Å²) in [5.74, 6) is 0.0784. The van der Waals surface area contributed by atoms with E-state index in [0.717, 1.165) is 16.7 Å². The third kappa shape index (κ3) is 5.26. The van der Waals surface area contributed by atoms with Crippen LogP contribution in [0.1, 0.15) is 28.4 Å². The molecule has 0 aliphatic rings. The van der Waals surface area contributed by atoms with Gasteiger partial charge in [0.2, 0.25) is 6.41 Å². The van der Waals surface area contributed by atoms with Crippen molar-refractivity contribution in [1.82, 2.24) is 4.90 Å². The zero-order chi connectivity index (χ0) is 24.3. The van der Waals surface area contributed by atoms with Crippen molar-refractivity contribution in [3.8, 4) is 28.0 Å². The lowest BCUT2D eigenvalue weighted by molar-refractivity contribution is -0.107. The van der Waals surface area contributed by atoms with E-state index in [9.17, 15) is 14.7 Å². The van der Waals surface area contributed by atoms with Crippen molar-refractivity contribution in [3.63, 3.8) is 0 Å². The van der Waals surface area contributed by atoms with Crippen molar-refractivity contribution in [3.05, 3.63) is 82.6 Å². The van der Waals surface area contributed by atoms with Gasteiger partial charge in [-0.25, -0.2) is 0 Å². The lowest BCUT2D eigenvalue weighted by Crippen LogP contribution is -2.15. The molecule has 33 heavy (non-hydrogen) atoms.